The van der Waals surface area contributed by atoms with Gasteiger partial charge in [0.05, 0.1) is 12.2 Å². The van der Waals surface area contributed by atoms with Crippen molar-refractivity contribution in [3.05, 3.63) is 52.7 Å². The molecule has 1 amide bonds. The molecule has 1 fully saturated rings. The fourth-order valence-corrected chi connectivity index (χ4v) is 3.21. The zero-order valence-electron chi connectivity index (χ0n) is 15.5. The fraction of sp³-hybridized carbons (Fsp3) is 0.400. The molecule has 0 unspecified atom stereocenters. The van der Waals surface area contributed by atoms with Crippen LogP contribution in [0.5, 0.6) is 5.88 Å². The van der Waals surface area contributed by atoms with Crippen LogP contribution in [0.15, 0.2) is 30.6 Å². The van der Waals surface area contributed by atoms with E-state index < -0.39 is 5.82 Å². The first-order chi connectivity index (χ1) is 13.5. The van der Waals surface area contributed by atoms with Crippen LogP contribution in [-0.4, -0.2) is 45.8 Å². The minimum absolute atomic E-state index is 0.0796. The van der Waals surface area contributed by atoms with Gasteiger partial charge in [0.1, 0.15) is 12.4 Å². The highest BCUT2D eigenvalue weighted by Crippen LogP contribution is 2.22. The lowest BCUT2D eigenvalue weighted by molar-refractivity contribution is -0.130. The summed E-state index contributed by atoms with van der Waals surface area (Å²) < 4.78 is 19.8. The Balaban J connectivity index is 1.50. The Labute approximate surface area is 167 Å². The zero-order valence-corrected chi connectivity index (χ0v) is 16.3. The number of hydrogen-bond donors (Lipinski definition) is 0. The van der Waals surface area contributed by atoms with Crippen LogP contribution < -0.4 is 4.74 Å². The van der Waals surface area contributed by atoms with E-state index >= 15 is 0 Å². The van der Waals surface area contributed by atoms with Crippen molar-refractivity contribution in [2.24, 2.45) is 0 Å². The van der Waals surface area contributed by atoms with E-state index in [0.29, 0.717) is 42.2 Å². The van der Waals surface area contributed by atoms with Gasteiger partial charge in [-0.3, -0.25) is 9.59 Å². The highest BCUT2D eigenvalue weighted by Gasteiger charge is 2.29. The second-order valence-corrected chi connectivity index (χ2v) is 7.03. The van der Waals surface area contributed by atoms with E-state index in [2.05, 4.69) is 9.97 Å². The number of benzene rings is 1. The number of carbonyl (C=O) groups is 2. The van der Waals surface area contributed by atoms with E-state index in [0.717, 1.165) is 0 Å². The number of likely N-dealkylation sites (tertiary alicyclic amines) is 1. The van der Waals surface area contributed by atoms with Crippen molar-refractivity contribution >= 4 is 23.3 Å². The van der Waals surface area contributed by atoms with Gasteiger partial charge in [0, 0.05) is 36.4 Å². The summed E-state index contributed by atoms with van der Waals surface area (Å²) in [6, 6.07) is 6.59. The molecule has 3 rings (SSSR count). The third kappa shape index (κ3) is 4.84. The van der Waals surface area contributed by atoms with Crippen LogP contribution in [0, 0.1) is 5.82 Å². The zero-order chi connectivity index (χ0) is 20.1. The molecule has 6 nitrogen and oxygen atoms in total. The molecular formula is C20H21ClFN3O3. The number of halogens is 2. The minimum Gasteiger partial charge on any atom is -0.470 e. The van der Waals surface area contributed by atoms with Crippen molar-refractivity contribution in [3.63, 3.8) is 0 Å². The summed E-state index contributed by atoms with van der Waals surface area (Å²) in [4.78, 5) is 34.0. The monoisotopic (exact) mass is 405 g/mol. The topological polar surface area (TPSA) is 72.4 Å². The molecular weight excluding hydrogens is 385 g/mol. The molecule has 148 valence electrons. The molecule has 0 N–H and O–H groups in total. The van der Waals surface area contributed by atoms with Gasteiger partial charge in [-0.1, -0.05) is 18.5 Å². The number of aryl methyl sites for hydroxylation is 1. The van der Waals surface area contributed by atoms with Gasteiger partial charge in [0.2, 0.25) is 11.7 Å². The number of Topliss-reactive ketones (excluding diaryl/α,β-unsaturated/α-hetero) is 1. The molecule has 0 radical (unpaired) electrons. The predicted octanol–water partition coefficient (Wildman–Crippen LogP) is 3.47. The van der Waals surface area contributed by atoms with Crippen LogP contribution in [0.3, 0.4) is 0 Å². The average Bonchev–Trinajstić information content (AvgIpc) is 3.16. The normalized spacial score (nSPS) is 16.2. The number of hydrogen-bond acceptors (Lipinski definition) is 5. The Morgan fingerprint density at radius 1 is 1.25 bits per heavy atom. The molecule has 1 aliphatic rings. The highest BCUT2D eigenvalue weighted by molar-refractivity contribution is 6.30. The van der Waals surface area contributed by atoms with Gasteiger partial charge in [-0.15, -0.1) is 0 Å². The summed E-state index contributed by atoms with van der Waals surface area (Å²) in [5.74, 6) is -0.856. The third-order valence-electron chi connectivity index (χ3n) is 4.67. The molecule has 2 heterocycles. The Kier molecular flexibility index (Phi) is 6.57. The van der Waals surface area contributed by atoms with E-state index in [1.165, 1.54) is 6.33 Å². The Morgan fingerprint density at radius 2 is 2.00 bits per heavy atom. The van der Waals surface area contributed by atoms with Gasteiger partial charge >= 0.3 is 0 Å². The van der Waals surface area contributed by atoms with E-state index in [1.54, 1.807) is 36.1 Å². The van der Waals surface area contributed by atoms with Gasteiger partial charge in [0.15, 0.2) is 5.78 Å². The summed E-state index contributed by atoms with van der Waals surface area (Å²) in [6.07, 6.45) is 2.23. The maximum absolute atomic E-state index is 14.2. The highest BCUT2D eigenvalue weighted by atomic mass is 35.5. The Morgan fingerprint density at radius 3 is 2.71 bits per heavy atom. The number of ether oxygens (including phenoxy) is 1. The van der Waals surface area contributed by atoms with Crippen molar-refractivity contribution in [2.75, 3.05) is 13.1 Å². The van der Waals surface area contributed by atoms with Crippen molar-refractivity contribution in [2.45, 2.75) is 38.7 Å². The van der Waals surface area contributed by atoms with Crippen molar-refractivity contribution < 1.29 is 18.7 Å². The molecule has 2 aromatic rings. The molecule has 1 aromatic heterocycles. The summed E-state index contributed by atoms with van der Waals surface area (Å²) in [6.45, 7) is 2.65. The predicted molar refractivity (Wildman–Crippen MR) is 102 cm³/mol. The van der Waals surface area contributed by atoms with Gasteiger partial charge in [-0.05, 0) is 30.7 Å². The molecule has 0 aliphatic carbocycles. The first-order valence-electron chi connectivity index (χ1n) is 9.20. The molecule has 0 spiro atoms. The maximum atomic E-state index is 14.2. The SMILES string of the molecule is CCc1ncnc(O[C@H]2CCN(C(=O)CCC(=O)c3ccc(Cl)cc3)C2)c1F. The first-order valence-corrected chi connectivity index (χ1v) is 9.58. The van der Waals surface area contributed by atoms with E-state index in [9.17, 15) is 14.0 Å². The van der Waals surface area contributed by atoms with Gasteiger partial charge in [0.25, 0.3) is 5.88 Å². The van der Waals surface area contributed by atoms with Crippen molar-refractivity contribution in [3.8, 4) is 5.88 Å². The summed E-state index contributed by atoms with van der Waals surface area (Å²) in [5.41, 5.74) is 0.836. The first kappa shape index (κ1) is 20.2. The quantitative estimate of drug-likeness (QED) is 0.659. The molecule has 0 bridgehead atoms. The van der Waals surface area contributed by atoms with Crippen LogP contribution in [0.25, 0.3) is 0 Å². The average molecular weight is 406 g/mol. The van der Waals surface area contributed by atoms with Crippen molar-refractivity contribution in [1.82, 2.24) is 14.9 Å². The largest absolute Gasteiger partial charge is 0.470 e. The lowest BCUT2D eigenvalue weighted by atomic mass is 10.1. The summed E-state index contributed by atoms with van der Waals surface area (Å²) in [7, 11) is 0. The molecule has 28 heavy (non-hydrogen) atoms. The van der Waals surface area contributed by atoms with Crippen LogP contribution >= 0.6 is 11.6 Å². The van der Waals surface area contributed by atoms with Gasteiger partial charge in [-0.25, -0.2) is 4.98 Å². The number of rotatable bonds is 7. The third-order valence-corrected chi connectivity index (χ3v) is 4.92. The minimum atomic E-state index is -0.552. The summed E-state index contributed by atoms with van der Waals surface area (Å²) in [5, 5.41) is 0.557. The lowest BCUT2D eigenvalue weighted by Crippen LogP contribution is -2.31. The molecule has 1 aliphatic heterocycles. The van der Waals surface area contributed by atoms with Crippen LogP contribution in [0.4, 0.5) is 4.39 Å². The second-order valence-electron chi connectivity index (χ2n) is 6.59. The smallest absolute Gasteiger partial charge is 0.254 e. The number of amides is 1. The van der Waals surface area contributed by atoms with Crippen LogP contribution in [-0.2, 0) is 11.2 Å². The number of carbonyl (C=O) groups excluding carboxylic acids is 2. The standard InChI is InChI=1S/C20H21ClFN3O3/c1-2-16-19(22)20(24-12-23-16)28-15-9-10-25(11-15)18(27)8-7-17(26)13-3-5-14(21)6-4-13/h3-6,12,15H,2,7-11H2,1H3/t15-/m0/s1. The number of aromatic nitrogens is 2. The summed E-state index contributed by atoms with van der Waals surface area (Å²) >= 11 is 5.81. The van der Waals surface area contributed by atoms with E-state index in [1.807, 2.05) is 0 Å². The molecule has 1 saturated heterocycles. The number of ketones is 1. The molecule has 0 saturated carbocycles. The maximum Gasteiger partial charge on any atom is 0.254 e. The van der Waals surface area contributed by atoms with Crippen LogP contribution in [0.1, 0.15) is 42.2 Å². The van der Waals surface area contributed by atoms with Gasteiger partial charge < -0.3 is 9.64 Å². The van der Waals surface area contributed by atoms with Gasteiger partial charge in [-0.2, -0.15) is 9.37 Å². The molecule has 1 atom stereocenters. The van der Waals surface area contributed by atoms with Crippen molar-refractivity contribution in [1.29, 1.82) is 0 Å². The number of nitrogens with zero attached hydrogens (tertiary/aromatic N) is 3. The molecule has 1 aromatic carbocycles. The van der Waals surface area contributed by atoms with E-state index in [-0.39, 0.29) is 36.5 Å². The Hall–Kier alpha value is -2.54. The Bertz CT molecular complexity index is 860. The van der Waals surface area contributed by atoms with Crippen LogP contribution in [0.2, 0.25) is 5.02 Å². The van der Waals surface area contributed by atoms with E-state index in [4.69, 9.17) is 16.3 Å². The lowest BCUT2D eigenvalue weighted by Gasteiger charge is -2.17. The molecule has 8 heteroatoms. The second kappa shape index (κ2) is 9.10. The fourth-order valence-electron chi connectivity index (χ4n) is 3.08.